The lowest BCUT2D eigenvalue weighted by Crippen LogP contribution is -2.44. The van der Waals surface area contributed by atoms with E-state index in [0.29, 0.717) is 11.7 Å². The molecule has 9 heteroatoms. The number of hydrogen-bond acceptors (Lipinski definition) is 7. The van der Waals surface area contributed by atoms with E-state index in [2.05, 4.69) is 20.0 Å². The second-order valence-electron chi connectivity index (χ2n) is 5.00. The van der Waals surface area contributed by atoms with E-state index in [1.165, 1.54) is 0 Å². The van der Waals surface area contributed by atoms with Gasteiger partial charge < -0.3 is 14.7 Å². The number of nitrogens with zero attached hydrogens (tertiary/aromatic N) is 4. The van der Waals surface area contributed by atoms with Crippen LogP contribution >= 0.6 is 0 Å². The standard InChI is InChI=1S/C12H14N4O.C2H2O4/c1-9-14-12(17-15-9)10-6-16(7-10)8-11-4-2-3-5-13-11;3-1(4)2(5)6/h2-5,10H,6-8H2,1H3;(H,3,4)(H,5,6). The van der Waals surface area contributed by atoms with E-state index in [1.54, 1.807) is 0 Å². The quantitative estimate of drug-likeness (QED) is 0.777. The highest BCUT2D eigenvalue weighted by atomic mass is 16.5. The molecule has 3 rings (SSSR count). The van der Waals surface area contributed by atoms with E-state index < -0.39 is 11.9 Å². The zero-order valence-corrected chi connectivity index (χ0v) is 12.4. The van der Waals surface area contributed by atoms with Gasteiger partial charge in [0, 0.05) is 25.8 Å². The summed E-state index contributed by atoms with van der Waals surface area (Å²) >= 11 is 0. The van der Waals surface area contributed by atoms with Gasteiger partial charge in [-0.3, -0.25) is 9.88 Å². The Bertz CT molecular complexity index is 655. The van der Waals surface area contributed by atoms with Crippen LogP contribution < -0.4 is 0 Å². The van der Waals surface area contributed by atoms with Crippen LogP contribution in [0.25, 0.3) is 0 Å². The molecule has 2 N–H and O–H groups in total. The minimum absolute atomic E-state index is 0.389. The molecule has 0 aromatic carbocycles. The van der Waals surface area contributed by atoms with Gasteiger partial charge in [0.05, 0.1) is 11.6 Å². The van der Waals surface area contributed by atoms with Gasteiger partial charge in [0.1, 0.15) is 0 Å². The first kappa shape index (κ1) is 16.6. The van der Waals surface area contributed by atoms with Crippen LogP contribution in [0.15, 0.2) is 28.9 Å². The zero-order chi connectivity index (χ0) is 16.8. The lowest BCUT2D eigenvalue weighted by Gasteiger charge is -2.36. The molecule has 0 unspecified atom stereocenters. The molecule has 122 valence electrons. The number of likely N-dealkylation sites (tertiary alicyclic amines) is 1. The first-order valence-electron chi connectivity index (χ1n) is 6.84. The smallest absolute Gasteiger partial charge is 0.414 e. The van der Waals surface area contributed by atoms with Gasteiger partial charge in [0.2, 0.25) is 5.89 Å². The van der Waals surface area contributed by atoms with Crippen LogP contribution in [0.4, 0.5) is 0 Å². The van der Waals surface area contributed by atoms with Crippen molar-refractivity contribution in [2.24, 2.45) is 0 Å². The van der Waals surface area contributed by atoms with E-state index in [9.17, 15) is 0 Å². The molecule has 2 aromatic rings. The van der Waals surface area contributed by atoms with Crippen molar-refractivity contribution >= 4 is 11.9 Å². The van der Waals surface area contributed by atoms with Crippen LogP contribution in [0.5, 0.6) is 0 Å². The monoisotopic (exact) mass is 320 g/mol. The van der Waals surface area contributed by atoms with Gasteiger partial charge in [-0.1, -0.05) is 11.2 Å². The number of pyridine rings is 1. The number of carbonyl (C=O) groups is 2. The highest BCUT2D eigenvalue weighted by Crippen LogP contribution is 2.26. The van der Waals surface area contributed by atoms with Crippen molar-refractivity contribution < 1.29 is 24.3 Å². The highest BCUT2D eigenvalue weighted by Gasteiger charge is 2.32. The maximum absolute atomic E-state index is 9.10. The molecule has 0 atom stereocenters. The molecule has 0 spiro atoms. The van der Waals surface area contributed by atoms with Gasteiger partial charge in [-0.15, -0.1) is 0 Å². The number of rotatable bonds is 3. The molecule has 1 aliphatic heterocycles. The van der Waals surface area contributed by atoms with Gasteiger partial charge >= 0.3 is 11.9 Å². The average Bonchev–Trinajstić information content (AvgIpc) is 2.90. The Labute approximate surface area is 131 Å². The molecule has 0 saturated carbocycles. The molecule has 1 saturated heterocycles. The Kier molecular flexibility index (Phi) is 5.36. The first-order chi connectivity index (χ1) is 11.0. The second-order valence-corrected chi connectivity index (χ2v) is 5.00. The molecule has 1 fully saturated rings. The highest BCUT2D eigenvalue weighted by molar-refractivity contribution is 6.27. The molecule has 0 amide bonds. The average molecular weight is 320 g/mol. The Morgan fingerprint density at radius 2 is 2.00 bits per heavy atom. The van der Waals surface area contributed by atoms with Crippen LogP contribution in [-0.2, 0) is 16.1 Å². The van der Waals surface area contributed by atoms with E-state index in [-0.39, 0.29) is 0 Å². The summed E-state index contributed by atoms with van der Waals surface area (Å²) in [6, 6.07) is 5.99. The number of carboxylic acid groups (broad SMARTS) is 2. The largest absolute Gasteiger partial charge is 0.473 e. The van der Waals surface area contributed by atoms with Crippen LogP contribution in [-0.4, -0.2) is 55.3 Å². The number of aryl methyl sites for hydroxylation is 1. The van der Waals surface area contributed by atoms with E-state index in [4.69, 9.17) is 24.3 Å². The van der Waals surface area contributed by atoms with Crippen molar-refractivity contribution in [2.75, 3.05) is 13.1 Å². The van der Waals surface area contributed by atoms with Crippen LogP contribution in [0, 0.1) is 6.92 Å². The third-order valence-corrected chi connectivity index (χ3v) is 3.14. The molecule has 1 aliphatic rings. The van der Waals surface area contributed by atoms with Crippen molar-refractivity contribution in [3.05, 3.63) is 41.8 Å². The van der Waals surface area contributed by atoms with Gasteiger partial charge in [0.25, 0.3) is 0 Å². The maximum atomic E-state index is 9.10. The third-order valence-electron chi connectivity index (χ3n) is 3.14. The number of hydrogen-bond donors (Lipinski definition) is 2. The molecule has 0 bridgehead atoms. The van der Waals surface area contributed by atoms with Gasteiger partial charge in [0.15, 0.2) is 5.82 Å². The molecular formula is C14H16N4O5. The summed E-state index contributed by atoms with van der Waals surface area (Å²) in [5.41, 5.74) is 1.10. The second kappa shape index (κ2) is 7.45. The van der Waals surface area contributed by atoms with Gasteiger partial charge in [-0.2, -0.15) is 4.98 Å². The summed E-state index contributed by atoms with van der Waals surface area (Å²) in [5.74, 6) is -1.78. The summed E-state index contributed by atoms with van der Waals surface area (Å²) in [4.78, 5) is 29.1. The Morgan fingerprint density at radius 3 is 2.48 bits per heavy atom. The molecule has 0 aliphatic carbocycles. The van der Waals surface area contributed by atoms with Crippen LogP contribution in [0.2, 0.25) is 0 Å². The molecular weight excluding hydrogens is 304 g/mol. The van der Waals surface area contributed by atoms with E-state index >= 15 is 0 Å². The number of carboxylic acids is 2. The predicted molar refractivity (Wildman–Crippen MR) is 76.6 cm³/mol. The summed E-state index contributed by atoms with van der Waals surface area (Å²) in [7, 11) is 0. The molecule has 2 aromatic heterocycles. The van der Waals surface area contributed by atoms with Crippen molar-refractivity contribution in [3.63, 3.8) is 0 Å². The summed E-state index contributed by atoms with van der Waals surface area (Å²) in [6.07, 6.45) is 1.83. The molecule has 9 nitrogen and oxygen atoms in total. The zero-order valence-electron chi connectivity index (χ0n) is 12.4. The SMILES string of the molecule is Cc1noc(C2CN(Cc3ccccn3)C2)n1.O=C(O)C(=O)O. The fourth-order valence-electron chi connectivity index (χ4n) is 2.05. The predicted octanol–water partition coefficient (Wildman–Crippen LogP) is 0.528. The summed E-state index contributed by atoms with van der Waals surface area (Å²) < 4.78 is 5.16. The molecule has 23 heavy (non-hydrogen) atoms. The minimum atomic E-state index is -1.82. The van der Waals surface area contributed by atoms with Crippen LogP contribution in [0.1, 0.15) is 23.3 Å². The normalized spacial score (nSPS) is 14.5. The van der Waals surface area contributed by atoms with Gasteiger partial charge in [-0.05, 0) is 19.1 Å². The van der Waals surface area contributed by atoms with Crippen molar-refractivity contribution in [2.45, 2.75) is 19.4 Å². The minimum Gasteiger partial charge on any atom is -0.473 e. The van der Waals surface area contributed by atoms with Crippen molar-refractivity contribution in [1.29, 1.82) is 0 Å². The van der Waals surface area contributed by atoms with E-state index in [1.807, 2.05) is 31.3 Å². The lowest BCUT2D eigenvalue weighted by atomic mass is 10.00. The Balaban J connectivity index is 0.000000277. The third kappa shape index (κ3) is 4.85. The van der Waals surface area contributed by atoms with Crippen molar-refractivity contribution in [3.8, 4) is 0 Å². The summed E-state index contributed by atoms with van der Waals surface area (Å²) in [6.45, 7) is 4.68. The molecule has 0 radical (unpaired) electrons. The van der Waals surface area contributed by atoms with Gasteiger partial charge in [-0.25, -0.2) is 9.59 Å². The maximum Gasteiger partial charge on any atom is 0.414 e. The number of aromatic nitrogens is 3. The lowest BCUT2D eigenvalue weighted by molar-refractivity contribution is -0.159. The Hall–Kier alpha value is -2.81. The fraction of sp³-hybridized carbons (Fsp3) is 0.357. The fourth-order valence-corrected chi connectivity index (χ4v) is 2.05. The van der Waals surface area contributed by atoms with E-state index in [0.717, 1.165) is 31.2 Å². The first-order valence-corrected chi connectivity index (χ1v) is 6.84. The van der Waals surface area contributed by atoms with Crippen molar-refractivity contribution in [1.82, 2.24) is 20.0 Å². The summed E-state index contributed by atoms with van der Waals surface area (Å²) in [5, 5.41) is 18.6. The molecule has 3 heterocycles. The van der Waals surface area contributed by atoms with Crippen LogP contribution in [0.3, 0.4) is 0 Å². The number of aliphatic carboxylic acids is 2. The topological polar surface area (TPSA) is 130 Å². The Morgan fingerprint density at radius 1 is 1.30 bits per heavy atom.